The van der Waals surface area contributed by atoms with Crippen LogP contribution in [0.2, 0.25) is 5.02 Å². The summed E-state index contributed by atoms with van der Waals surface area (Å²) < 4.78 is 0. The number of carbonyl (C=O) groups is 1. The molecule has 1 aliphatic heterocycles. The molecule has 2 atom stereocenters. The maximum Gasteiger partial charge on any atom is 0.224 e. The predicted octanol–water partition coefficient (Wildman–Crippen LogP) is 4.42. The lowest BCUT2D eigenvalue weighted by Crippen LogP contribution is -2.35. The molecule has 1 aromatic carbocycles. The molecule has 6 heteroatoms. The first kappa shape index (κ1) is 18.7. The number of benzene rings is 1. The van der Waals surface area contributed by atoms with Crippen LogP contribution in [0.1, 0.15) is 36.4 Å². The lowest BCUT2D eigenvalue weighted by molar-refractivity contribution is -0.123. The van der Waals surface area contributed by atoms with Gasteiger partial charge in [-0.05, 0) is 77.9 Å². The number of halogens is 2. The molecule has 1 saturated carbocycles. The van der Waals surface area contributed by atoms with Crippen LogP contribution < -0.4 is 10.6 Å². The first-order chi connectivity index (χ1) is 11.7. The molecule has 1 amide bonds. The molecule has 0 bridgehead atoms. The van der Waals surface area contributed by atoms with Gasteiger partial charge in [-0.25, -0.2) is 0 Å². The topological polar surface area (TPSA) is 41.1 Å². The zero-order chi connectivity index (χ0) is 16.6. The molecule has 1 spiro atoms. The van der Waals surface area contributed by atoms with Gasteiger partial charge in [-0.3, -0.25) is 4.79 Å². The molecular formula is C19H22Cl2N2OS. The van der Waals surface area contributed by atoms with Gasteiger partial charge in [0.05, 0.1) is 6.04 Å². The Kier molecular flexibility index (Phi) is 5.74. The van der Waals surface area contributed by atoms with Gasteiger partial charge >= 0.3 is 0 Å². The fourth-order valence-corrected chi connectivity index (χ4v) is 4.70. The maximum absolute atomic E-state index is 12.9. The van der Waals surface area contributed by atoms with Crippen molar-refractivity contribution in [3.63, 3.8) is 0 Å². The molecule has 134 valence electrons. The lowest BCUT2D eigenvalue weighted by atomic mass is 9.91. The van der Waals surface area contributed by atoms with E-state index in [1.165, 1.54) is 0 Å². The third-order valence-corrected chi connectivity index (χ3v) is 6.43. The quantitative estimate of drug-likeness (QED) is 0.802. The van der Waals surface area contributed by atoms with Crippen molar-refractivity contribution in [2.24, 2.45) is 11.3 Å². The van der Waals surface area contributed by atoms with E-state index in [0.717, 1.165) is 43.5 Å². The third-order valence-electron chi connectivity index (χ3n) is 5.47. The first-order valence-electron chi connectivity index (χ1n) is 8.47. The first-order valence-corrected chi connectivity index (χ1v) is 9.79. The van der Waals surface area contributed by atoms with E-state index in [1.807, 2.05) is 24.3 Å². The minimum Gasteiger partial charge on any atom is -0.345 e. The van der Waals surface area contributed by atoms with Crippen molar-refractivity contribution in [2.45, 2.75) is 25.3 Å². The highest BCUT2D eigenvalue weighted by molar-refractivity contribution is 7.08. The maximum atomic E-state index is 12.9. The highest BCUT2D eigenvalue weighted by Gasteiger charge is 2.57. The van der Waals surface area contributed by atoms with Crippen LogP contribution in [0.15, 0.2) is 41.1 Å². The summed E-state index contributed by atoms with van der Waals surface area (Å²) >= 11 is 7.67. The number of thiophene rings is 1. The molecule has 1 saturated heterocycles. The van der Waals surface area contributed by atoms with E-state index in [0.29, 0.717) is 5.02 Å². The normalized spacial score (nSPS) is 22.0. The van der Waals surface area contributed by atoms with Gasteiger partial charge in [0, 0.05) is 10.9 Å². The standard InChI is InChI=1S/C19H21ClN2OS.ClH/c20-15-3-1-13(2-4-15)17(14-5-10-24-12-14)22-18(23)16-11-19(16)6-8-21-9-7-19;/h1-5,10,12,16-17,21H,6-9,11H2,(H,22,23);1H. The van der Waals surface area contributed by atoms with Crippen LogP contribution in [-0.2, 0) is 4.79 Å². The van der Waals surface area contributed by atoms with E-state index >= 15 is 0 Å². The Morgan fingerprint density at radius 3 is 2.56 bits per heavy atom. The van der Waals surface area contributed by atoms with Crippen molar-refractivity contribution in [1.82, 2.24) is 10.6 Å². The molecule has 0 radical (unpaired) electrons. The average molecular weight is 397 g/mol. The second kappa shape index (κ2) is 7.67. The van der Waals surface area contributed by atoms with Gasteiger partial charge in [-0.15, -0.1) is 12.4 Å². The number of amides is 1. The molecule has 1 aliphatic carbocycles. The fraction of sp³-hybridized carbons (Fsp3) is 0.421. The molecule has 1 aromatic heterocycles. The van der Waals surface area contributed by atoms with E-state index in [-0.39, 0.29) is 35.7 Å². The number of carbonyl (C=O) groups excluding carboxylic acids is 1. The van der Waals surface area contributed by atoms with E-state index in [4.69, 9.17) is 11.6 Å². The minimum absolute atomic E-state index is 0. The molecule has 2 heterocycles. The van der Waals surface area contributed by atoms with Gasteiger partial charge in [0.25, 0.3) is 0 Å². The number of rotatable bonds is 4. The van der Waals surface area contributed by atoms with Crippen LogP contribution in [0.25, 0.3) is 0 Å². The Balaban J connectivity index is 0.00000182. The molecule has 4 rings (SSSR count). The Labute approximate surface area is 163 Å². The van der Waals surface area contributed by atoms with Crippen molar-refractivity contribution in [1.29, 1.82) is 0 Å². The fourth-order valence-electron chi connectivity index (χ4n) is 3.89. The Bertz CT molecular complexity index is 712. The highest BCUT2D eigenvalue weighted by Crippen LogP contribution is 2.58. The molecule has 2 aliphatic rings. The smallest absolute Gasteiger partial charge is 0.224 e. The average Bonchev–Trinajstić information content (AvgIpc) is 3.04. The van der Waals surface area contributed by atoms with E-state index in [2.05, 4.69) is 27.5 Å². The van der Waals surface area contributed by atoms with Gasteiger partial charge in [-0.2, -0.15) is 11.3 Å². The third kappa shape index (κ3) is 3.87. The van der Waals surface area contributed by atoms with Crippen molar-refractivity contribution in [2.75, 3.05) is 13.1 Å². The Morgan fingerprint density at radius 2 is 1.92 bits per heavy atom. The van der Waals surface area contributed by atoms with Crippen LogP contribution in [0.4, 0.5) is 0 Å². The zero-order valence-electron chi connectivity index (χ0n) is 13.8. The van der Waals surface area contributed by atoms with E-state index in [1.54, 1.807) is 11.3 Å². The molecule has 2 aromatic rings. The Hall–Kier alpha value is -1.07. The summed E-state index contributed by atoms with van der Waals surface area (Å²) in [4.78, 5) is 12.9. The summed E-state index contributed by atoms with van der Waals surface area (Å²) in [7, 11) is 0. The summed E-state index contributed by atoms with van der Waals surface area (Å²) in [5, 5.41) is 11.6. The second-order valence-corrected chi connectivity index (χ2v) is 8.14. The summed E-state index contributed by atoms with van der Waals surface area (Å²) in [6.07, 6.45) is 3.28. The van der Waals surface area contributed by atoms with Gasteiger partial charge < -0.3 is 10.6 Å². The van der Waals surface area contributed by atoms with E-state index < -0.39 is 0 Å². The van der Waals surface area contributed by atoms with Crippen LogP contribution in [0.3, 0.4) is 0 Å². The monoisotopic (exact) mass is 396 g/mol. The van der Waals surface area contributed by atoms with Gasteiger partial charge in [0.1, 0.15) is 0 Å². The number of nitrogens with one attached hydrogen (secondary N) is 2. The Morgan fingerprint density at radius 1 is 1.20 bits per heavy atom. The summed E-state index contributed by atoms with van der Waals surface area (Å²) in [6.45, 7) is 2.07. The van der Waals surface area contributed by atoms with Gasteiger partial charge in [0.15, 0.2) is 0 Å². The van der Waals surface area contributed by atoms with E-state index in [9.17, 15) is 4.79 Å². The van der Waals surface area contributed by atoms with Crippen molar-refractivity contribution in [3.05, 3.63) is 57.2 Å². The molecule has 2 fully saturated rings. The second-order valence-electron chi connectivity index (χ2n) is 6.92. The molecule has 25 heavy (non-hydrogen) atoms. The summed E-state index contributed by atoms with van der Waals surface area (Å²) in [5.41, 5.74) is 2.47. The minimum atomic E-state index is -0.0969. The molecule has 2 unspecified atom stereocenters. The lowest BCUT2D eigenvalue weighted by Gasteiger charge is -2.24. The zero-order valence-corrected chi connectivity index (χ0v) is 16.2. The van der Waals surface area contributed by atoms with Crippen molar-refractivity contribution in [3.8, 4) is 0 Å². The van der Waals surface area contributed by atoms with Crippen LogP contribution in [-0.4, -0.2) is 19.0 Å². The number of hydrogen-bond donors (Lipinski definition) is 2. The number of piperidine rings is 1. The van der Waals surface area contributed by atoms with Crippen LogP contribution in [0.5, 0.6) is 0 Å². The van der Waals surface area contributed by atoms with Gasteiger partial charge in [0.2, 0.25) is 5.91 Å². The van der Waals surface area contributed by atoms with Crippen molar-refractivity contribution >= 4 is 41.3 Å². The molecular weight excluding hydrogens is 375 g/mol. The summed E-state index contributed by atoms with van der Waals surface area (Å²) in [5.74, 6) is 0.371. The largest absolute Gasteiger partial charge is 0.345 e. The predicted molar refractivity (Wildman–Crippen MR) is 106 cm³/mol. The van der Waals surface area contributed by atoms with Gasteiger partial charge in [-0.1, -0.05) is 23.7 Å². The van der Waals surface area contributed by atoms with Crippen LogP contribution in [0, 0.1) is 11.3 Å². The van der Waals surface area contributed by atoms with Crippen LogP contribution >= 0.6 is 35.3 Å². The number of hydrogen-bond acceptors (Lipinski definition) is 3. The summed E-state index contributed by atoms with van der Waals surface area (Å²) in [6, 6.07) is 9.75. The highest BCUT2D eigenvalue weighted by atomic mass is 35.5. The molecule has 3 nitrogen and oxygen atoms in total. The van der Waals surface area contributed by atoms with Crippen molar-refractivity contribution < 1.29 is 4.79 Å². The SMILES string of the molecule is Cl.O=C(NC(c1ccc(Cl)cc1)c1ccsc1)C1CC12CCNCC2. The molecule has 2 N–H and O–H groups in total.